The summed E-state index contributed by atoms with van der Waals surface area (Å²) in [7, 11) is 5.90. The van der Waals surface area contributed by atoms with Gasteiger partial charge in [-0.05, 0) is 0 Å². The summed E-state index contributed by atoms with van der Waals surface area (Å²) in [5.74, 6) is -0.256. The van der Waals surface area contributed by atoms with E-state index in [9.17, 15) is 4.79 Å². The number of carbonyl (C=O) groups excluding carboxylic acids is 1. The summed E-state index contributed by atoms with van der Waals surface area (Å²) in [6, 6.07) is 5.68. The summed E-state index contributed by atoms with van der Waals surface area (Å²) in [6.07, 6.45) is 0. The molecule has 12 heavy (non-hydrogen) atoms. The number of aryl methyl sites for hydroxylation is 1. The van der Waals surface area contributed by atoms with Gasteiger partial charge in [0.15, 0.2) is 0 Å². The van der Waals surface area contributed by atoms with Crippen LogP contribution in [0.1, 0.15) is 15.9 Å². The van der Waals surface area contributed by atoms with Gasteiger partial charge in [-0.2, -0.15) is 0 Å². The van der Waals surface area contributed by atoms with E-state index in [4.69, 9.17) is 12.0 Å². The van der Waals surface area contributed by atoms with Crippen molar-refractivity contribution in [2.24, 2.45) is 0 Å². The van der Waals surface area contributed by atoms with Gasteiger partial charge in [-0.25, -0.2) is 0 Å². The second kappa shape index (κ2) is 2.88. The molecule has 0 saturated carbocycles. The zero-order chi connectivity index (χ0) is 8.72. The number of rotatable bonds is 0. The van der Waals surface area contributed by atoms with Gasteiger partial charge in [0, 0.05) is 0 Å². The van der Waals surface area contributed by atoms with Crippen molar-refractivity contribution < 1.29 is 7.86 Å². The fraction of sp³-hybridized carbons (Fsp3) is 0.125. The van der Waals surface area contributed by atoms with Crippen LogP contribution in [-0.2, 0) is 3.07 Å². The first-order valence-corrected chi connectivity index (χ1v) is 8.07. The predicted molar refractivity (Wildman–Crippen MR) is 55.2 cm³/mol. The Kier molecular flexibility index (Phi) is 2.00. The molecule has 1 aliphatic heterocycles. The van der Waals surface area contributed by atoms with E-state index in [1.165, 1.54) is 0 Å². The van der Waals surface area contributed by atoms with Crippen LogP contribution in [0.5, 0.6) is 0 Å². The van der Waals surface area contributed by atoms with E-state index in [0.29, 0.717) is 5.56 Å². The monoisotopic (exact) mass is 296 g/mol. The van der Waals surface area contributed by atoms with Gasteiger partial charge in [-0.3, -0.25) is 0 Å². The van der Waals surface area contributed by atoms with Crippen LogP contribution in [0.2, 0.25) is 0 Å². The van der Waals surface area contributed by atoms with Crippen molar-refractivity contribution in [2.45, 2.75) is 6.92 Å². The maximum absolute atomic E-state index is 11.2. The van der Waals surface area contributed by atoms with Crippen LogP contribution in [0.25, 0.3) is 0 Å². The zero-order valence-corrected chi connectivity index (χ0v) is 9.22. The minimum absolute atomic E-state index is 0.256. The zero-order valence-electron chi connectivity index (χ0n) is 6.30. The van der Waals surface area contributed by atoms with Crippen LogP contribution >= 0.6 is 28.0 Å². The van der Waals surface area contributed by atoms with Gasteiger partial charge in [0.05, 0.1) is 0 Å². The Morgan fingerprint density at radius 3 is 3.00 bits per heavy atom. The summed E-state index contributed by atoms with van der Waals surface area (Å²) < 4.78 is 5.90. The van der Waals surface area contributed by atoms with Gasteiger partial charge < -0.3 is 0 Å². The van der Waals surface area contributed by atoms with Gasteiger partial charge >= 0.3 is 81.7 Å². The van der Waals surface area contributed by atoms with Gasteiger partial charge in [0.25, 0.3) is 0 Å². The number of benzene rings is 1. The van der Waals surface area contributed by atoms with Crippen molar-refractivity contribution in [1.29, 1.82) is 0 Å². The molecule has 2 nitrogen and oxygen atoms in total. The van der Waals surface area contributed by atoms with E-state index >= 15 is 0 Å². The number of carbonyl (C=O) groups is 1. The molecule has 0 unspecified atom stereocenters. The Balaban J connectivity index is 2.60. The van der Waals surface area contributed by atoms with Gasteiger partial charge in [0.2, 0.25) is 0 Å². The number of hydrogen-bond acceptors (Lipinski definition) is 2. The molecule has 0 amide bonds. The average Bonchev–Trinajstić information content (AvgIpc) is 2.28. The number of halogens is 2. The summed E-state index contributed by atoms with van der Waals surface area (Å²) in [5.41, 5.74) is 1.73. The average molecular weight is 296 g/mol. The molecule has 0 spiro atoms. The molecule has 1 aromatic carbocycles. The van der Waals surface area contributed by atoms with Crippen LogP contribution in [0.15, 0.2) is 18.2 Å². The molecule has 0 atom stereocenters. The molecule has 2 rings (SSSR count). The standard InChI is InChI=1S/C8H6ClIO2/c1-5-2-3-7-6(4-5)8(11)12-10(7)9/h2-4H,1H3. The minimum atomic E-state index is -2.07. The first kappa shape index (κ1) is 8.31. The Labute approximate surface area is 81.5 Å². The van der Waals surface area contributed by atoms with Crippen LogP contribution in [0, 0.1) is 10.5 Å². The summed E-state index contributed by atoms with van der Waals surface area (Å²) >= 11 is -2.07. The second-order valence-electron chi connectivity index (χ2n) is 2.55. The third kappa shape index (κ3) is 1.21. The fourth-order valence-electron chi connectivity index (χ4n) is 1.07. The SMILES string of the molecule is Cc1ccc2c(c1)C(=O)OI2Cl. The molecule has 0 bridgehead atoms. The van der Waals surface area contributed by atoms with Gasteiger partial charge in [-0.1, -0.05) is 0 Å². The number of fused-ring (bicyclic) bond motifs is 1. The maximum atomic E-state index is 11.2. The van der Waals surface area contributed by atoms with Gasteiger partial charge in [-0.15, -0.1) is 0 Å². The molecule has 0 saturated heterocycles. The molecular formula is C8H6ClIO2. The van der Waals surface area contributed by atoms with Crippen molar-refractivity contribution in [2.75, 3.05) is 0 Å². The van der Waals surface area contributed by atoms with Crippen LogP contribution in [0.4, 0.5) is 0 Å². The van der Waals surface area contributed by atoms with E-state index in [2.05, 4.69) is 0 Å². The first-order chi connectivity index (χ1) is 5.68. The molecule has 0 fully saturated rings. The predicted octanol–water partition coefficient (Wildman–Crippen LogP) is 2.91. The third-order valence-electron chi connectivity index (χ3n) is 1.64. The quantitative estimate of drug-likeness (QED) is 0.688. The van der Waals surface area contributed by atoms with Crippen molar-refractivity contribution in [3.05, 3.63) is 32.9 Å². The Morgan fingerprint density at radius 2 is 2.25 bits per heavy atom. The molecular weight excluding hydrogens is 290 g/mol. The van der Waals surface area contributed by atoms with Crippen LogP contribution < -0.4 is 0 Å². The summed E-state index contributed by atoms with van der Waals surface area (Å²) in [4.78, 5) is 11.2. The molecule has 4 heteroatoms. The summed E-state index contributed by atoms with van der Waals surface area (Å²) in [6.45, 7) is 1.94. The topological polar surface area (TPSA) is 26.3 Å². The molecule has 0 radical (unpaired) electrons. The molecule has 1 aromatic rings. The van der Waals surface area contributed by atoms with Crippen LogP contribution in [0.3, 0.4) is 0 Å². The van der Waals surface area contributed by atoms with Gasteiger partial charge in [0.1, 0.15) is 0 Å². The van der Waals surface area contributed by atoms with E-state index in [-0.39, 0.29) is 5.97 Å². The Morgan fingerprint density at radius 1 is 1.50 bits per heavy atom. The van der Waals surface area contributed by atoms with E-state index in [1.54, 1.807) is 0 Å². The molecule has 1 heterocycles. The molecule has 1 aliphatic rings. The Bertz CT molecular complexity index is 351. The fourth-order valence-corrected chi connectivity index (χ4v) is 4.38. The Hall–Kier alpha value is -0.290. The summed E-state index contributed by atoms with van der Waals surface area (Å²) in [5, 5.41) is 0. The van der Waals surface area contributed by atoms with E-state index in [0.717, 1.165) is 9.13 Å². The van der Waals surface area contributed by atoms with Crippen molar-refractivity contribution in [1.82, 2.24) is 0 Å². The third-order valence-corrected chi connectivity index (χ3v) is 5.70. The van der Waals surface area contributed by atoms with Crippen molar-refractivity contribution in [3.8, 4) is 0 Å². The molecule has 0 aliphatic carbocycles. The van der Waals surface area contributed by atoms with Crippen molar-refractivity contribution in [3.63, 3.8) is 0 Å². The van der Waals surface area contributed by atoms with Crippen LogP contribution in [-0.4, -0.2) is 5.97 Å². The van der Waals surface area contributed by atoms with E-state index < -0.39 is 19.1 Å². The number of hydrogen-bond donors (Lipinski definition) is 0. The normalized spacial score (nSPS) is 17.5. The molecule has 64 valence electrons. The van der Waals surface area contributed by atoms with Crippen molar-refractivity contribution >= 4 is 34.0 Å². The molecule has 0 N–H and O–H groups in total. The molecule has 0 aromatic heterocycles. The second-order valence-corrected chi connectivity index (χ2v) is 7.08. The van der Waals surface area contributed by atoms with E-state index in [1.807, 2.05) is 25.1 Å². The first-order valence-electron chi connectivity index (χ1n) is 3.38.